The minimum atomic E-state index is -0.0655. The van der Waals surface area contributed by atoms with E-state index in [-0.39, 0.29) is 5.91 Å². The van der Waals surface area contributed by atoms with Crippen LogP contribution in [0.3, 0.4) is 0 Å². The minimum absolute atomic E-state index is 0.0655. The topological polar surface area (TPSA) is 67.4 Å². The second-order valence-electron chi connectivity index (χ2n) is 8.35. The molecule has 0 aliphatic carbocycles. The van der Waals surface area contributed by atoms with Gasteiger partial charge in [0.25, 0.3) is 5.91 Å². The summed E-state index contributed by atoms with van der Waals surface area (Å²) < 4.78 is 17.4. The zero-order valence-electron chi connectivity index (χ0n) is 20.2. The van der Waals surface area contributed by atoms with E-state index < -0.39 is 0 Å². The number of nitrogens with zero attached hydrogens (tertiary/aromatic N) is 4. The molecular weight excluding hydrogens is 452 g/mol. The van der Waals surface area contributed by atoms with Crippen LogP contribution in [0, 0.1) is 0 Å². The third kappa shape index (κ3) is 5.27. The summed E-state index contributed by atoms with van der Waals surface area (Å²) in [6, 6.07) is 11.4. The second kappa shape index (κ2) is 11.0. The van der Waals surface area contributed by atoms with Crippen molar-refractivity contribution >= 4 is 38.3 Å². The van der Waals surface area contributed by atoms with Crippen LogP contribution >= 0.6 is 11.3 Å². The van der Waals surface area contributed by atoms with Crippen molar-refractivity contribution in [2.45, 2.75) is 6.42 Å². The van der Waals surface area contributed by atoms with Gasteiger partial charge in [0.1, 0.15) is 21.7 Å². The molecule has 2 heterocycles. The van der Waals surface area contributed by atoms with Crippen LogP contribution < -0.4 is 19.3 Å². The Morgan fingerprint density at radius 3 is 2.38 bits per heavy atom. The summed E-state index contributed by atoms with van der Waals surface area (Å²) in [6.45, 7) is 4.85. The molecule has 0 spiro atoms. The number of fused-ring (bicyclic) bond motifs is 1. The van der Waals surface area contributed by atoms with Gasteiger partial charge in [-0.2, -0.15) is 0 Å². The summed E-state index contributed by atoms with van der Waals surface area (Å²) in [5.74, 6) is 1.31. The molecule has 3 aromatic rings. The van der Waals surface area contributed by atoms with E-state index in [4.69, 9.17) is 19.2 Å². The van der Waals surface area contributed by atoms with Crippen molar-refractivity contribution in [3.05, 3.63) is 42.0 Å². The Morgan fingerprint density at radius 1 is 1.06 bits per heavy atom. The number of benzene rings is 2. The number of thiazole rings is 1. The Labute approximate surface area is 204 Å². The largest absolute Gasteiger partial charge is 0.495 e. The molecule has 1 aliphatic rings. The fourth-order valence-corrected chi connectivity index (χ4v) is 5.11. The molecule has 1 amide bonds. The van der Waals surface area contributed by atoms with Crippen LogP contribution in [0.25, 0.3) is 10.2 Å². The number of rotatable bonds is 9. The van der Waals surface area contributed by atoms with Gasteiger partial charge in [0.05, 0.1) is 27.4 Å². The van der Waals surface area contributed by atoms with Crippen molar-refractivity contribution in [2.24, 2.45) is 0 Å². The summed E-state index contributed by atoms with van der Waals surface area (Å²) in [7, 11) is 7.23. The first-order valence-corrected chi connectivity index (χ1v) is 12.2. The fraction of sp³-hybridized carbons (Fsp3) is 0.440. The van der Waals surface area contributed by atoms with Gasteiger partial charge in [0, 0.05) is 51.5 Å². The molecule has 1 saturated heterocycles. The molecule has 0 atom stereocenters. The van der Waals surface area contributed by atoms with Gasteiger partial charge in [-0.25, -0.2) is 4.98 Å². The van der Waals surface area contributed by atoms with Crippen LogP contribution in [-0.2, 0) is 4.74 Å². The molecule has 1 fully saturated rings. The van der Waals surface area contributed by atoms with Crippen molar-refractivity contribution < 1.29 is 19.0 Å². The average molecular weight is 485 g/mol. The summed E-state index contributed by atoms with van der Waals surface area (Å²) in [6.07, 6.45) is 0.839. The maximum absolute atomic E-state index is 13.7. The van der Waals surface area contributed by atoms with Crippen molar-refractivity contribution in [1.82, 2.24) is 9.88 Å². The Kier molecular flexibility index (Phi) is 7.87. The van der Waals surface area contributed by atoms with E-state index in [1.807, 2.05) is 55.4 Å². The predicted molar refractivity (Wildman–Crippen MR) is 137 cm³/mol. The van der Waals surface area contributed by atoms with E-state index in [0.29, 0.717) is 28.5 Å². The van der Waals surface area contributed by atoms with E-state index in [1.54, 1.807) is 19.1 Å². The molecule has 1 aliphatic heterocycles. The summed E-state index contributed by atoms with van der Waals surface area (Å²) >= 11 is 1.45. The van der Waals surface area contributed by atoms with Gasteiger partial charge in [-0.05, 0) is 42.8 Å². The number of carbonyl (C=O) groups is 1. The van der Waals surface area contributed by atoms with Gasteiger partial charge >= 0.3 is 0 Å². The molecule has 34 heavy (non-hydrogen) atoms. The molecule has 0 saturated carbocycles. The van der Waals surface area contributed by atoms with Crippen LogP contribution in [0.5, 0.6) is 11.5 Å². The van der Waals surface area contributed by atoms with Gasteiger partial charge in [0.2, 0.25) is 0 Å². The number of amides is 1. The third-order valence-corrected chi connectivity index (χ3v) is 7.06. The molecule has 0 N–H and O–H groups in total. The number of hydrogen-bond donors (Lipinski definition) is 0. The van der Waals surface area contributed by atoms with Gasteiger partial charge in [-0.3, -0.25) is 14.6 Å². The second-order valence-corrected chi connectivity index (χ2v) is 9.33. The summed E-state index contributed by atoms with van der Waals surface area (Å²) in [4.78, 5) is 24.7. The Bertz CT molecular complexity index is 1070. The lowest BCUT2D eigenvalue weighted by atomic mass is 10.1. The Balaban J connectivity index is 1.64. The smallest absolute Gasteiger partial charge is 0.260 e. The molecule has 1 aromatic heterocycles. The van der Waals surface area contributed by atoms with E-state index in [0.717, 1.165) is 55.4 Å². The third-order valence-electron chi connectivity index (χ3n) is 5.97. The molecule has 8 nitrogen and oxygen atoms in total. The molecular formula is C25H32N4O4S. The maximum Gasteiger partial charge on any atom is 0.260 e. The minimum Gasteiger partial charge on any atom is -0.495 e. The first-order valence-electron chi connectivity index (χ1n) is 11.4. The lowest BCUT2D eigenvalue weighted by Gasteiger charge is -2.27. The van der Waals surface area contributed by atoms with Crippen molar-refractivity contribution in [3.8, 4) is 11.5 Å². The normalized spacial score (nSPS) is 14.2. The van der Waals surface area contributed by atoms with Gasteiger partial charge in [-0.15, -0.1) is 0 Å². The van der Waals surface area contributed by atoms with Crippen LogP contribution in [-0.4, -0.2) is 83.5 Å². The summed E-state index contributed by atoms with van der Waals surface area (Å²) in [5, 5.41) is 0.640. The monoisotopic (exact) mass is 484 g/mol. The fourth-order valence-electron chi connectivity index (χ4n) is 4.01. The Morgan fingerprint density at radius 2 is 1.74 bits per heavy atom. The number of morpholine rings is 1. The highest BCUT2D eigenvalue weighted by molar-refractivity contribution is 7.22. The molecule has 0 bridgehead atoms. The van der Waals surface area contributed by atoms with Crippen LogP contribution in [0.1, 0.15) is 16.8 Å². The number of methoxy groups -OCH3 is 2. The van der Waals surface area contributed by atoms with Crippen LogP contribution in [0.15, 0.2) is 36.4 Å². The lowest BCUT2D eigenvalue weighted by molar-refractivity contribution is 0.0376. The van der Waals surface area contributed by atoms with Gasteiger partial charge in [-0.1, -0.05) is 11.3 Å². The number of aromatic nitrogens is 1. The highest BCUT2D eigenvalue weighted by Crippen LogP contribution is 2.40. The van der Waals surface area contributed by atoms with E-state index in [2.05, 4.69) is 4.90 Å². The number of anilines is 2. The zero-order chi connectivity index (χ0) is 24.1. The van der Waals surface area contributed by atoms with Gasteiger partial charge in [0.15, 0.2) is 5.13 Å². The first-order chi connectivity index (χ1) is 16.5. The lowest BCUT2D eigenvalue weighted by Crippen LogP contribution is -2.39. The number of carbonyl (C=O) groups excluding carboxylic acids is 1. The SMILES string of the molecule is COc1ccc(OC)c2sc(N(CCCN3CCOCC3)C(=O)c3ccc(N(C)C)cc3)nc12. The van der Waals surface area contributed by atoms with Crippen LogP contribution in [0.4, 0.5) is 10.8 Å². The molecule has 0 unspecified atom stereocenters. The highest BCUT2D eigenvalue weighted by atomic mass is 32.1. The molecule has 4 rings (SSSR count). The Hall–Kier alpha value is -2.88. The highest BCUT2D eigenvalue weighted by Gasteiger charge is 2.24. The van der Waals surface area contributed by atoms with Crippen LogP contribution in [0.2, 0.25) is 0 Å². The van der Waals surface area contributed by atoms with E-state index >= 15 is 0 Å². The van der Waals surface area contributed by atoms with E-state index in [1.165, 1.54) is 11.3 Å². The molecule has 182 valence electrons. The molecule has 2 aromatic carbocycles. The molecule has 0 radical (unpaired) electrons. The maximum atomic E-state index is 13.7. The quantitative estimate of drug-likeness (QED) is 0.458. The van der Waals surface area contributed by atoms with Crippen molar-refractivity contribution in [2.75, 3.05) is 77.5 Å². The molecule has 9 heteroatoms. The number of hydrogen-bond acceptors (Lipinski definition) is 8. The zero-order valence-corrected chi connectivity index (χ0v) is 21.1. The van der Waals surface area contributed by atoms with Gasteiger partial charge < -0.3 is 19.1 Å². The predicted octanol–water partition coefficient (Wildman–Crippen LogP) is 3.75. The van der Waals surface area contributed by atoms with Crippen molar-refractivity contribution in [1.29, 1.82) is 0 Å². The van der Waals surface area contributed by atoms with E-state index in [9.17, 15) is 4.79 Å². The summed E-state index contributed by atoms with van der Waals surface area (Å²) in [5.41, 5.74) is 2.39. The first kappa shape index (κ1) is 24.3. The standard InChI is InChI=1S/C25H32N4O4S/c1-27(2)19-8-6-18(7-9-19)24(30)29(13-5-12-28-14-16-33-17-15-28)25-26-22-20(31-3)10-11-21(32-4)23(22)34-25/h6-11H,5,12-17H2,1-4H3. The van der Waals surface area contributed by atoms with Crippen molar-refractivity contribution in [3.63, 3.8) is 0 Å². The average Bonchev–Trinajstić information content (AvgIpc) is 3.31. The number of ether oxygens (including phenoxy) is 3.